The van der Waals surface area contributed by atoms with Gasteiger partial charge in [0.15, 0.2) is 0 Å². The van der Waals surface area contributed by atoms with Gasteiger partial charge in [-0.1, -0.05) is 36.4 Å². The zero-order valence-corrected chi connectivity index (χ0v) is 36.6. The average Bonchev–Trinajstić information content (AvgIpc) is 4.06. The molecule has 2 fully saturated rings. The summed E-state index contributed by atoms with van der Waals surface area (Å²) in [5.74, 6) is -0.393. The summed E-state index contributed by atoms with van der Waals surface area (Å²) in [7, 11) is 0. The van der Waals surface area contributed by atoms with Crippen LogP contribution >= 0.6 is 0 Å². The van der Waals surface area contributed by atoms with Gasteiger partial charge in [0.05, 0.1) is 29.8 Å². The van der Waals surface area contributed by atoms with Crippen molar-refractivity contribution in [1.82, 2.24) is 19.9 Å². The second-order valence-corrected chi connectivity index (χ2v) is 16.7. The van der Waals surface area contributed by atoms with Crippen LogP contribution in [0.5, 0.6) is 11.8 Å². The average molecular weight is 861 g/mol. The van der Waals surface area contributed by atoms with Crippen LogP contribution in [-0.2, 0) is 40.4 Å². The van der Waals surface area contributed by atoms with E-state index in [9.17, 15) is 23.5 Å². The molecule has 0 radical (unpaired) electrons. The van der Waals surface area contributed by atoms with E-state index in [1.807, 2.05) is 83.1 Å². The molecule has 2 N–H and O–H groups in total. The monoisotopic (exact) mass is 860 g/mol. The van der Waals surface area contributed by atoms with Crippen molar-refractivity contribution in [2.45, 2.75) is 72.5 Å². The number of halogens is 2. The number of carboxylic acids is 1. The molecular formula is C50H47F2LiN4O7. The summed E-state index contributed by atoms with van der Waals surface area (Å²) in [5, 5.41) is 9.23. The van der Waals surface area contributed by atoms with Crippen molar-refractivity contribution >= 4 is 11.9 Å². The predicted octanol–water partition coefficient (Wildman–Crippen LogP) is 6.20. The van der Waals surface area contributed by atoms with E-state index in [1.165, 1.54) is 12.1 Å². The Labute approximate surface area is 382 Å². The first-order chi connectivity index (χ1) is 29.9. The van der Waals surface area contributed by atoms with Crippen LogP contribution < -0.4 is 28.3 Å². The van der Waals surface area contributed by atoms with Crippen LogP contribution in [0.2, 0.25) is 0 Å². The maximum Gasteiger partial charge on any atom is 1.00 e. The van der Waals surface area contributed by atoms with Crippen LogP contribution in [0.25, 0.3) is 22.5 Å². The van der Waals surface area contributed by atoms with E-state index in [0.717, 1.165) is 74.2 Å². The molecule has 64 heavy (non-hydrogen) atoms. The molecule has 2 saturated carbocycles. The number of fused-ring (bicyclic) bond motifs is 6. The molecule has 0 amide bonds. The van der Waals surface area contributed by atoms with Gasteiger partial charge in [0.2, 0.25) is 11.8 Å². The number of esters is 1. The fraction of sp³-hybridized carbons (Fsp3) is 0.320. The van der Waals surface area contributed by atoms with Gasteiger partial charge in [-0.15, -0.1) is 0 Å². The van der Waals surface area contributed by atoms with Crippen LogP contribution in [0.4, 0.5) is 8.78 Å². The van der Waals surface area contributed by atoms with Gasteiger partial charge in [0.25, 0.3) is 0 Å². The third kappa shape index (κ3) is 8.77. The predicted molar refractivity (Wildman–Crippen MR) is 228 cm³/mol. The van der Waals surface area contributed by atoms with Crippen molar-refractivity contribution in [2.75, 3.05) is 6.61 Å². The number of pyridine rings is 4. The van der Waals surface area contributed by atoms with Crippen LogP contribution in [-0.4, -0.2) is 49.1 Å². The minimum atomic E-state index is -0.735. The fourth-order valence-electron chi connectivity index (χ4n) is 9.76. The van der Waals surface area contributed by atoms with Crippen LogP contribution in [0, 0.1) is 63.0 Å². The number of hydrogen-bond donors (Lipinski definition) is 1. The molecule has 11 nitrogen and oxygen atoms in total. The minimum absolute atomic E-state index is 0. The van der Waals surface area contributed by atoms with Gasteiger partial charge in [-0.3, -0.25) is 9.59 Å². The largest absolute Gasteiger partial charge is 1.00 e. The third-order valence-corrected chi connectivity index (χ3v) is 12.8. The quantitative estimate of drug-likeness (QED) is 0.117. The van der Waals surface area contributed by atoms with E-state index >= 15 is 0 Å². The molecule has 4 heterocycles. The first-order valence-corrected chi connectivity index (χ1v) is 21.0. The number of carboxylic acid groups (broad SMARTS) is 1. The van der Waals surface area contributed by atoms with Gasteiger partial charge in [-0.25, -0.2) is 28.7 Å². The topological polar surface area (TPSA) is 164 Å². The SMILES string of the molecule is CCOC(=O)C1C2Cc3cc(OCc4nc(-c5c(C)cccc5C)ccc4F)ncc3C21.Cc1cccc(C)c1-c1ccc(F)c(COc2cc3c(cn2)C2C(C3)C2C(=O)O)n1.[Li+].[OH-]. The first-order valence-electron chi connectivity index (χ1n) is 21.0. The van der Waals surface area contributed by atoms with Gasteiger partial charge in [-0.05, 0) is 128 Å². The van der Waals surface area contributed by atoms with Gasteiger partial charge >= 0.3 is 30.8 Å². The molecule has 10 rings (SSSR count). The molecule has 4 aromatic heterocycles. The van der Waals surface area contributed by atoms with Crippen molar-refractivity contribution in [3.8, 4) is 34.3 Å². The molecule has 2 aromatic carbocycles. The number of nitrogens with zero attached hydrogens (tertiary/aromatic N) is 4. The summed E-state index contributed by atoms with van der Waals surface area (Å²) < 4.78 is 45.5. The number of aryl methyl sites for hydroxylation is 4. The molecule has 0 bridgehead atoms. The number of aliphatic carboxylic acids is 1. The Bertz CT molecular complexity index is 2730. The molecule has 14 heteroatoms. The molecule has 0 saturated heterocycles. The van der Waals surface area contributed by atoms with Gasteiger partial charge in [-0.2, -0.15) is 0 Å². The van der Waals surface area contributed by atoms with Gasteiger partial charge in [0.1, 0.15) is 36.2 Å². The first kappa shape index (κ1) is 46.0. The number of ether oxygens (including phenoxy) is 3. The van der Waals surface area contributed by atoms with Crippen molar-refractivity contribution < 1.29 is 62.0 Å². The molecule has 0 spiro atoms. The maximum atomic E-state index is 14.4. The van der Waals surface area contributed by atoms with Crippen LogP contribution in [0.1, 0.15) is 74.7 Å². The van der Waals surface area contributed by atoms with Crippen molar-refractivity contribution in [3.05, 3.63) is 153 Å². The van der Waals surface area contributed by atoms with Crippen LogP contribution in [0.3, 0.4) is 0 Å². The molecule has 6 aromatic rings. The second-order valence-electron chi connectivity index (χ2n) is 16.7. The molecule has 6 unspecified atom stereocenters. The zero-order chi connectivity index (χ0) is 43.4. The van der Waals surface area contributed by atoms with Crippen molar-refractivity contribution in [3.63, 3.8) is 0 Å². The Morgan fingerprint density at radius 3 is 1.52 bits per heavy atom. The fourth-order valence-corrected chi connectivity index (χ4v) is 9.76. The van der Waals surface area contributed by atoms with Crippen molar-refractivity contribution in [1.29, 1.82) is 0 Å². The number of aromatic nitrogens is 4. The third-order valence-electron chi connectivity index (χ3n) is 12.8. The standard InChI is InChI=1S/C26H25FN2O3.C24H21FN2O3.Li.H2O/c1-4-31-26(30)25-17-10-16-11-22(28-12-18(16)24(17)25)32-13-21-19(27)8-9-20(29-21)23-14(2)6-5-7-15(23)3;1-12-4-3-5-13(2)21(12)18-7-6-17(25)19(27-18)11-30-20-9-14-8-15-22(16(14)10-26-20)23(15)24(28)29;;/h5-9,11-12,17,24-25H,4,10,13H2,1-3H3;3-7,9-10,15,22-23H,8,11H2,1-2H3,(H,28,29);;1H2/q;;+1;/p-1. The number of carbonyl (C=O) groups is 2. The molecule has 6 atom stereocenters. The summed E-state index contributed by atoms with van der Waals surface area (Å²) in [5.41, 5.74) is 12.6. The normalized spacial score (nSPS) is 20.1. The Balaban J connectivity index is 0.000000186. The summed E-state index contributed by atoms with van der Waals surface area (Å²) in [6.07, 6.45) is 5.03. The Kier molecular flexibility index (Phi) is 13.4. The van der Waals surface area contributed by atoms with E-state index in [4.69, 9.17) is 14.2 Å². The summed E-state index contributed by atoms with van der Waals surface area (Å²) >= 11 is 0. The number of rotatable bonds is 11. The zero-order valence-electron chi connectivity index (χ0n) is 36.6. The van der Waals surface area contributed by atoms with E-state index in [1.54, 1.807) is 24.5 Å². The molecule has 4 aliphatic carbocycles. The van der Waals surface area contributed by atoms with Gasteiger partial charge < -0.3 is 24.8 Å². The molecular weight excluding hydrogens is 814 g/mol. The Morgan fingerprint density at radius 1 is 0.672 bits per heavy atom. The molecule has 324 valence electrons. The minimum Gasteiger partial charge on any atom is -0.870 e. The van der Waals surface area contributed by atoms with Crippen molar-refractivity contribution in [2.24, 2.45) is 23.7 Å². The summed E-state index contributed by atoms with van der Waals surface area (Å²) in [6, 6.07) is 22.0. The number of benzene rings is 2. The molecule has 4 aliphatic rings. The van der Waals surface area contributed by atoms with E-state index in [-0.39, 0.29) is 84.5 Å². The van der Waals surface area contributed by atoms with Gasteiger partial charge in [0, 0.05) is 47.5 Å². The Hall–Kier alpha value is -6.00. The number of hydrogen-bond acceptors (Lipinski definition) is 10. The second kappa shape index (κ2) is 18.6. The van der Waals surface area contributed by atoms with E-state index < -0.39 is 17.6 Å². The number of carbonyl (C=O) groups excluding carboxylic acids is 1. The van der Waals surface area contributed by atoms with Crippen LogP contribution in [0.15, 0.2) is 85.2 Å². The Morgan fingerprint density at radius 2 is 1.09 bits per heavy atom. The van der Waals surface area contributed by atoms with E-state index in [0.29, 0.717) is 30.0 Å². The maximum absolute atomic E-state index is 14.4. The molecule has 0 aliphatic heterocycles. The summed E-state index contributed by atoms with van der Waals surface area (Å²) in [6.45, 7) is 10.3. The smallest absolute Gasteiger partial charge is 0.870 e. The van der Waals surface area contributed by atoms with E-state index in [2.05, 4.69) is 19.9 Å². The summed E-state index contributed by atoms with van der Waals surface area (Å²) in [4.78, 5) is 41.0.